The van der Waals surface area contributed by atoms with Gasteiger partial charge in [0.05, 0.1) is 23.8 Å². The third kappa shape index (κ3) is 4.68. The van der Waals surface area contributed by atoms with Crippen molar-refractivity contribution in [3.8, 4) is 0 Å². The molecule has 1 aromatic rings. The standard InChI is InChI=1S/C16H21F3N2O2/c1-10-8-21(9-11(2)23-10)12(3)15(22)20-14-6-4-13(5-7-14)16(17,18)19/h4-7,10-12H,8-9H2,1-3H3,(H,20,22)/t10-,11-,12+/m1/s1. The van der Waals surface area contributed by atoms with Crippen molar-refractivity contribution < 1.29 is 22.7 Å². The van der Waals surface area contributed by atoms with Crippen LogP contribution in [0.1, 0.15) is 26.3 Å². The number of hydrogen-bond donors (Lipinski definition) is 1. The molecule has 1 saturated heterocycles. The van der Waals surface area contributed by atoms with Gasteiger partial charge in [-0.3, -0.25) is 9.69 Å². The minimum Gasteiger partial charge on any atom is -0.373 e. The largest absolute Gasteiger partial charge is 0.416 e. The number of alkyl halides is 3. The molecule has 23 heavy (non-hydrogen) atoms. The van der Waals surface area contributed by atoms with E-state index in [4.69, 9.17) is 4.74 Å². The highest BCUT2D eigenvalue weighted by atomic mass is 19.4. The Hall–Kier alpha value is -1.60. The Balaban J connectivity index is 1.98. The molecule has 0 radical (unpaired) electrons. The normalized spacial score (nSPS) is 24.3. The number of nitrogens with one attached hydrogen (secondary N) is 1. The first-order chi connectivity index (χ1) is 10.7. The average Bonchev–Trinajstić information content (AvgIpc) is 2.45. The lowest BCUT2D eigenvalue weighted by Gasteiger charge is -2.38. The molecule has 1 heterocycles. The summed E-state index contributed by atoms with van der Waals surface area (Å²) in [5, 5.41) is 2.66. The Morgan fingerprint density at radius 1 is 1.22 bits per heavy atom. The molecule has 7 heteroatoms. The molecule has 2 rings (SSSR count). The summed E-state index contributed by atoms with van der Waals surface area (Å²) in [4.78, 5) is 14.3. The van der Waals surface area contributed by atoms with Crippen molar-refractivity contribution in [2.45, 2.75) is 45.2 Å². The van der Waals surface area contributed by atoms with E-state index in [2.05, 4.69) is 5.32 Å². The van der Waals surface area contributed by atoms with Crippen LogP contribution < -0.4 is 5.32 Å². The fraction of sp³-hybridized carbons (Fsp3) is 0.562. The molecular weight excluding hydrogens is 309 g/mol. The number of benzene rings is 1. The third-order valence-corrected chi connectivity index (χ3v) is 3.85. The molecule has 0 aliphatic carbocycles. The summed E-state index contributed by atoms with van der Waals surface area (Å²) in [5.41, 5.74) is -0.386. The van der Waals surface area contributed by atoms with Crippen molar-refractivity contribution in [2.75, 3.05) is 18.4 Å². The van der Waals surface area contributed by atoms with Crippen molar-refractivity contribution >= 4 is 11.6 Å². The van der Waals surface area contributed by atoms with E-state index in [0.717, 1.165) is 12.1 Å². The van der Waals surface area contributed by atoms with Crippen LogP contribution >= 0.6 is 0 Å². The number of nitrogens with zero attached hydrogens (tertiary/aromatic N) is 1. The molecule has 128 valence electrons. The second kappa shape index (κ2) is 6.88. The third-order valence-electron chi connectivity index (χ3n) is 3.85. The molecule has 0 unspecified atom stereocenters. The van der Waals surface area contributed by atoms with E-state index < -0.39 is 11.7 Å². The predicted molar refractivity (Wildman–Crippen MR) is 81.1 cm³/mol. The SMILES string of the molecule is C[C@@H]1CN([C@@H](C)C(=O)Nc2ccc(C(F)(F)F)cc2)C[C@@H](C)O1. The van der Waals surface area contributed by atoms with Crippen LogP contribution in [0, 0.1) is 0 Å². The summed E-state index contributed by atoms with van der Waals surface area (Å²) in [6, 6.07) is 4.06. The van der Waals surface area contributed by atoms with Gasteiger partial charge in [-0.2, -0.15) is 13.2 Å². The van der Waals surface area contributed by atoms with Gasteiger partial charge < -0.3 is 10.1 Å². The molecule has 1 aliphatic heterocycles. The van der Waals surface area contributed by atoms with Crippen LogP contribution in [0.15, 0.2) is 24.3 Å². The van der Waals surface area contributed by atoms with Crippen LogP contribution in [0.25, 0.3) is 0 Å². The number of hydrogen-bond acceptors (Lipinski definition) is 3. The summed E-state index contributed by atoms with van der Waals surface area (Å²) in [6.45, 7) is 6.97. The van der Waals surface area contributed by atoms with Gasteiger partial charge in [0.15, 0.2) is 0 Å². The Morgan fingerprint density at radius 2 is 1.74 bits per heavy atom. The number of morpholine rings is 1. The van der Waals surface area contributed by atoms with Crippen LogP contribution in [0.5, 0.6) is 0 Å². The molecule has 0 saturated carbocycles. The van der Waals surface area contributed by atoms with Gasteiger partial charge in [-0.1, -0.05) is 0 Å². The zero-order valence-corrected chi connectivity index (χ0v) is 13.4. The summed E-state index contributed by atoms with van der Waals surface area (Å²) in [5.74, 6) is -0.244. The van der Waals surface area contributed by atoms with E-state index in [-0.39, 0.29) is 24.2 Å². The fourth-order valence-electron chi connectivity index (χ4n) is 2.69. The minimum atomic E-state index is -4.38. The second-order valence-corrected chi connectivity index (χ2v) is 5.95. The maximum Gasteiger partial charge on any atom is 0.416 e. The highest BCUT2D eigenvalue weighted by Gasteiger charge is 2.31. The van der Waals surface area contributed by atoms with Gasteiger partial charge in [-0.25, -0.2) is 0 Å². The van der Waals surface area contributed by atoms with Crippen LogP contribution in [0.4, 0.5) is 18.9 Å². The van der Waals surface area contributed by atoms with Crippen molar-refractivity contribution in [3.05, 3.63) is 29.8 Å². The molecule has 1 amide bonds. The molecule has 4 nitrogen and oxygen atoms in total. The number of halogens is 3. The molecule has 3 atom stereocenters. The first kappa shape index (κ1) is 17.7. The second-order valence-electron chi connectivity index (χ2n) is 5.95. The minimum absolute atomic E-state index is 0.0417. The topological polar surface area (TPSA) is 41.6 Å². The fourth-order valence-corrected chi connectivity index (χ4v) is 2.69. The van der Waals surface area contributed by atoms with Crippen molar-refractivity contribution in [1.29, 1.82) is 0 Å². The number of amides is 1. The van der Waals surface area contributed by atoms with Gasteiger partial charge in [0, 0.05) is 18.8 Å². The Kier molecular flexibility index (Phi) is 5.31. The highest BCUT2D eigenvalue weighted by molar-refractivity contribution is 5.94. The lowest BCUT2D eigenvalue weighted by molar-refractivity contribution is -0.137. The van der Waals surface area contributed by atoms with Gasteiger partial charge in [0.2, 0.25) is 5.91 Å². The first-order valence-electron chi connectivity index (χ1n) is 7.54. The lowest BCUT2D eigenvalue weighted by atomic mass is 10.1. The highest BCUT2D eigenvalue weighted by Crippen LogP contribution is 2.29. The molecule has 1 fully saturated rings. The van der Waals surface area contributed by atoms with Gasteiger partial charge >= 0.3 is 6.18 Å². The zero-order chi connectivity index (χ0) is 17.2. The summed E-state index contributed by atoms with van der Waals surface area (Å²) < 4.78 is 43.2. The Bertz CT molecular complexity index is 535. The summed E-state index contributed by atoms with van der Waals surface area (Å²) in [7, 11) is 0. The molecule has 1 N–H and O–H groups in total. The van der Waals surface area contributed by atoms with E-state index in [0.29, 0.717) is 18.8 Å². The van der Waals surface area contributed by atoms with E-state index in [1.165, 1.54) is 12.1 Å². The number of carbonyl (C=O) groups is 1. The molecule has 0 aromatic heterocycles. The first-order valence-corrected chi connectivity index (χ1v) is 7.54. The van der Waals surface area contributed by atoms with Crippen LogP contribution in [0.2, 0.25) is 0 Å². The maximum atomic E-state index is 12.5. The van der Waals surface area contributed by atoms with Crippen LogP contribution in [-0.4, -0.2) is 42.1 Å². The smallest absolute Gasteiger partial charge is 0.373 e. The molecule has 0 bridgehead atoms. The number of rotatable bonds is 3. The molecule has 0 spiro atoms. The van der Waals surface area contributed by atoms with Crippen molar-refractivity contribution in [1.82, 2.24) is 4.90 Å². The Labute approximate surface area is 133 Å². The van der Waals surface area contributed by atoms with Gasteiger partial charge in [-0.05, 0) is 45.0 Å². The van der Waals surface area contributed by atoms with Crippen molar-refractivity contribution in [2.24, 2.45) is 0 Å². The molecular formula is C16H21F3N2O2. The number of carbonyl (C=O) groups excluding carboxylic acids is 1. The van der Waals surface area contributed by atoms with Gasteiger partial charge in [0.1, 0.15) is 0 Å². The quantitative estimate of drug-likeness (QED) is 0.926. The average molecular weight is 330 g/mol. The monoisotopic (exact) mass is 330 g/mol. The van der Waals surface area contributed by atoms with Crippen LogP contribution in [0.3, 0.4) is 0 Å². The van der Waals surface area contributed by atoms with E-state index in [9.17, 15) is 18.0 Å². The zero-order valence-electron chi connectivity index (χ0n) is 13.4. The van der Waals surface area contributed by atoms with Crippen molar-refractivity contribution in [3.63, 3.8) is 0 Å². The number of ether oxygens (including phenoxy) is 1. The molecule has 1 aromatic carbocycles. The predicted octanol–water partition coefficient (Wildman–Crippen LogP) is 3.14. The van der Waals surface area contributed by atoms with Crippen LogP contribution in [-0.2, 0) is 15.7 Å². The van der Waals surface area contributed by atoms with E-state index in [1.54, 1.807) is 6.92 Å². The summed E-state index contributed by atoms with van der Waals surface area (Å²) >= 11 is 0. The van der Waals surface area contributed by atoms with E-state index >= 15 is 0 Å². The Morgan fingerprint density at radius 3 is 2.22 bits per heavy atom. The van der Waals surface area contributed by atoms with Gasteiger partial charge in [0.25, 0.3) is 0 Å². The lowest BCUT2D eigenvalue weighted by Crippen LogP contribution is -2.52. The van der Waals surface area contributed by atoms with Gasteiger partial charge in [-0.15, -0.1) is 0 Å². The maximum absolute atomic E-state index is 12.5. The molecule has 1 aliphatic rings. The van der Waals surface area contributed by atoms with E-state index in [1.807, 2.05) is 18.7 Å². The number of anilines is 1. The summed E-state index contributed by atoms with van der Waals surface area (Å²) in [6.07, 6.45) is -4.30.